The zero-order valence-electron chi connectivity index (χ0n) is 6.59. The topological polar surface area (TPSA) is 21.3 Å². The van der Waals surface area contributed by atoms with Crippen molar-refractivity contribution in [2.24, 2.45) is 0 Å². The van der Waals surface area contributed by atoms with Crippen LogP contribution in [0.3, 0.4) is 0 Å². The van der Waals surface area contributed by atoms with Crippen LogP contribution in [0.1, 0.15) is 26.7 Å². The maximum absolute atomic E-state index is 5.39. The monoisotopic (exact) mass is 165 g/mol. The van der Waals surface area contributed by atoms with Gasteiger partial charge >= 0.3 is 0 Å². The molecule has 10 heavy (non-hydrogen) atoms. The Morgan fingerprint density at radius 2 is 2.30 bits per heavy atom. The second kappa shape index (κ2) is 4.94. The molecule has 0 amide bonds. The summed E-state index contributed by atoms with van der Waals surface area (Å²) in [4.78, 5) is 0. The Balaban J connectivity index is 0.000000810. The lowest BCUT2D eigenvalue weighted by Crippen LogP contribution is -2.27. The molecule has 1 N–H and O–H groups in total. The predicted octanol–water partition coefficient (Wildman–Crippen LogP) is 1.54. The fourth-order valence-corrected chi connectivity index (χ4v) is 1.10. The predicted molar refractivity (Wildman–Crippen MR) is 44.5 cm³/mol. The molecule has 2 atom stereocenters. The lowest BCUT2D eigenvalue weighted by atomic mass is 10.3. The van der Waals surface area contributed by atoms with Crippen molar-refractivity contribution < 1.29 is 4.74 Å². The molecule has 0 aromatic carbocycles. The first kappa shape index (κ1) is 10.2. The van der Waals surface area contributed by atoms with Crippen molar-refractivity contribution in [1.29, 1.82) is 0 Å². The Bertz CT molecular complexity index is 87.7. The van der Waals surface area contributed by atoms with Crippen LogP contribution in [-0.4, -0.2) is 18.9 Å². The van der Waals surface area contributed by atoms with Crippen molar-refractivity contribution in [3.05, 3.63) is 0 Å². The van der Waals surface area contributed by atoms with Crippen LogP contribution in [0.15, 0.2) is 0 Å². The van der Waals surface area contributed by atoms with Crippen molar-refractivity contribution in [1.82, 2.24) is 5.32 Å². The summed E-state index contributed by atoms with van der Waals surface area (Å²) in [5.74, 6) is 0. The van der Waals surface area contributed by atoms with Gasteiger partial charge in [-0.3, -0.25) is 5.32 Å². The summed E-state index contributed by atoms with van der Waals surface area (Å²) >= 11 is 0. The summed E-state index contributed by atoms with van der Waals surface area (Å²) in [5, 5.41) is 3.33. The number of hydrogen-bond donors (Lipinski definition) is 1. The molecule has 0 saturated carbocycles. The summed E-state index contributed by atoms with van der Waals surface area (Å²) in [6, 6.07) is 0.557. The molecule has 62 valence electrons. The quantitative estimate of drug-likeness (QED) is 0.671. The lowest BCUT2D eigenvalue weighted by molar-refractivity contribution is 0.0928. The molecule has 1 aliphatic rings. The Labute approximate surface area is 68.7 Å². The molecule has 0 bridgehead atoms. The highest BCUT2D eigenvalue weighted by molar-refractivity contribution is 5.85. The highest BCUT2D eigenvalue weighted by atomic mass is 35.5. The van der Waals surface area contributed by atoms with Crippen molar-refractivity contribution in [2.45, 2.75) is 39.0 Å². The molecule has 1 saturated heterocycles. The van der Waals surface area contributed by atoms with Crippen molar-refractivity contribution >= 4 is 12.4 Å². The van der Waals surface area contributed by atoms with E-state index in [0.29, 0.717) is 12.3 Å². The van der Waals surface area contributed by atoms with E-state index in [-0.39, 0.29) is 12.4 Å². The molecule has 0 aromatic rings. The molecule has 3 heteroatoms. The maximum Gasteiger partial charge on any atom is 0.108 e. The van der Waals surface area contributed by atoms with E-state index in [1.807, 2.05) is 0 Å². The largest absolute Gasteiger partial charge is 0.362 e. The number of nitrogens with one attached hydrogen (secondary N) is 1. The summed E-state index contributed by atoms with van der Waals surface area (Å²) in [6.07, 6.45) is 2.68. The minimum atomic E-state index is 0. The van der Waals surface area contributed by atoms with Crippen LogP contribution in [-0.2, 0) is 4.74 Å². The Morgan fingerprint density at radius 3 is 2.70 bits per heavy atom. The third-order valence-electron chi connectivity index (χ3n) is 1.57. The standard InChI is InChI=1S/C7H15NO.ClH/c1-3-4-7-8-6(2)5-9-7;/h6-8H,3-5H2,1-2H3;1H. The van der Waals surface area contributed by atoms with Gasteiger partial charge in [0.1, 0.15) is 6.23 Å². The normalized spacial score (nSPS) is 31.8. The van der Waals surface area contributed by atoms with Crippen LogP contribution < -0.4 is 5.32 Å². The second-order valence-electron chi connectivity index (χ2n) is 2.68. The molecule has 2 unspecified atom stereocenters. The molecule has 0 radical (unpaired) electrons. The van der Waals surface area contributed by atoms with E-state index in [9.17, 15) is 0 Å². The smallest absolute Gasteiger partial charge is 0.108 e. The second-order valence-corrected chi connectivity index (χ2v) is 2.68. The summed E-state index contributed by atoms with van der Waals surface area (Å²) in [7, 11) is 0. The van der Waals surface area contributed by atoms with E-state index in [1.54, 1.807) is 0 Å². The summed E-state index contributed by atoms with van der Waals surface area (Å²) in [6.45, 7) is 5.20. The van der Waals surface area contributed by atoms with Gasteiger partial charge in [0.05, 0.1) is 6.61 Å². The van der Waals surface area contributed by atoms with Gasteiger partial charge in [-0.25, -0.2) is 0 Å². The number of hydrogen-bond acceptors (Lipinski definition) is 2. The van der Waals surface area contributed by atoms with Gasteiger partial charge < -0.3 is 4.74 Å². The molecule has 0 aromatic heterocycles. The van der Waals surface area contributed by atoms with Gasteiger partial charge in [-0.15, -0.1) is 12.4 Å². The Hall–Kier alpha value is 0.210. The fourth-order valence-electron chi connectivity index (χ4n) is 1.10. The SMILES string of the molecule is CCCC1NC(C)CO1.Cl. The van der Waals surface area contributed by atoms with Crippen LogP contribution >= 0.6 is 12.4 Å². The molecule has 2 nitrogen and oxygen atoms in total. The van der Waals surface area contributed by atoms with Crippen molar-refractivity contribution in [3.8, 4) is 0 Å². The summed E-state index contributed by atoms with van der Waals surface area (Å²) < 4.78 is 5.39. The van der Waals surface area contributed by atoms with Gasteiger partial charge in [-0.2, -0.15) is 0 Å². The van der Waals surface area contributed by atoms with Crippen LogP contribution in [0.25, 0.3) is 0 Å². The molecule has 0 aliphatic carbocycles. The molecular formula is C7H16ClNO. The third-order valence-corrected chi connectivity index (χ3v) is 1.57. The Morgan fingerprint density at radius 1 is 1.60 bits per heavy atom. The van der Waals surface area contributed by atoms with Gasteiger partial charge in [0.15, 0.2) is 0 Å². The average Bonchev–Trinajstić information content (AvgIpc) is 2.17. The van der Waals surface area contributed by atoms with Gasteiger partial charge in [0.25, 0.3) is 0 Å². The first-order valence-corrected chi connectivity index (χ1v) is 3.70. The number of halogens is 1. The molecule has 1 fully saturated rings. The minimum absolute atomic E-state index is 0. The Kier molecular flexibility index (Phi) is 5.04. The van der Waals surface area contributed by atoms with E-state index in [1.165, 1.54) is 6.42 Å². The van der Waals surface area contributed by atoms with E-state index >= 15 is 0 Å². The van der Waals surface area contributed by atoms with Gasteiger partial charge in [-0.05, 0) is 13.3 Å². The first-order chi connectivity index (χ1) is 4.33. The first-order valence-electron chi connectivity index (χ1n) is 3.70. The molecule has 1 rings (SSSR count). The summed E-state index contributed by atoms with van der Waals surface area (Å²) in [5.41, 5.74) is 0. The van der Waals surface area contributed by atoms with E-state index in [2.05, 4.69) is 19.2 Å². The zero-order chi connectivity index (χ0) is 6.69. The lowest BCUT2D eigenvalue weighted by Gasteiger charge is -2.07. The molecular weight excluding hydrogens is 150 g/mol. The van der Waals surface area contributed by atoms with Crippen molar-refractivity contribution in [3.63, 3.8) is 0 Å². The fraction of sp³-hybridized carbons (Fsp3) is 1.00. The average molecular weight is 166 g/mol. The third kappa shape index (κ3) is 2.86. The number of rotatable bonds is 2. The van der Waals surface area contributed by atoms with Crippen LogP contribution in [0.2, 0.25) is 0 Å². The van der Waals surface area contributed by atoms with E-state index in [0.717, 1.165) is 13.0 Å². The van der Waals surface area contributed by atoms with Crippen LogP contribution in [0.5, 0.6) is 0 Å². The van der Waals surface area contributed by atoms with Crippen LogP contribution in [0, 0.1) is 0 Å². The zero-order valence-corrected chi connectivity index (χ0v) is 7.41. The molecule has 0 spiro atoms. The van der Waals surface area contributed by atoms with E-state index in [4.69, 9.17) is 4.74 Å². The van der Waals surface area contributed by atoms with Crippen molar-refractivity contribution in [2.75, 3.05) is 6.61 Å². The molecule has 1 heterocycles. The number of ether oxygens (including phenoxy) is 1. The minimum Gasteiger partial charge on any atom is -0.362 e. The maximum atomic E-state index is 5.39. The van der Waals surface area contributed by atoms with Crippen LogP contribution in [0.4, 0.5) is 0 Å². The van der Waals surface area contributed by atoms with Gasteiger partial charge in [0.2, 0.25) is 0 Å². The highest BCUT2D eigenvalue weighted by Crippen LogP contribution is 2.06. The molecule has 1 aliphatic heterocycles. The van der Waals surface area contributed by atoms with Gasteiger partial charge in [0, 0.05) is 6.04 Å². The van der Waals surface area contributed by atoms with Gasteiger partial charge in [-0.1, -0.05) is 13.3 Å². The highest BCUT2D eigenvalue weighted by Gasteiger charge is 2.18. The van der Waals surface area contributed by atoms with E-state index < -0.39 is 0 Å².